The Kier molecular flexibility index (Phi) is 3.62. The number of para-hydroxylation sites is 1. The summed E-state index contributed by atoms with van der Waals surface area (Å²) < 4.78 is 1.81. The zero-order chi connectivity index (χ0) is 13.1. The Balaban J connectivity index is 2.35. The van der Waals surface area contributed by atoms with E-state index >= 15 is 0 Å². The molecule has 2 aromatic rings. The molecule has 1 heterocycles. The molecule has 5 heteroatoms. The third-order valence-electron chi connectivity index (χ3n) is 2.90. The molecular formula is C13H18N4O. The van der Waals surface area contributed by atoms with Crippen molar-refractivity contribution in [3.05, 3.63) is 41.2 Å². The molecule has 1 aromatic heterocycles. The van der Waals surface area contributed by atoms with Gasteiger partial charge < -0.3 is 10.8 Å². The van der Waals surface area contributed by atoms with Crippen LogP contribution in [-0.2, 0) is 13.1 Å². The first-order chi connectivity index (χ1) is 8.63. The Morgan fingerprint density at radius 2 is 2.06 bits per heavy atom. The van der Waals surface area contributed by atoms with Crippen molar-refractivity contribution in [2.75, 3.05) is 0 Å². The van der Waals surface area contributed by atoms with Crippen LogP contribution >= 0.6 is 0 Å². The summed E-state index contributed by atoms with van der Waals surface area (Å²) in [6.45, 7) is 5.06. The molecule has 0 fully saturated rings. The van der Waals surface area contributed by atoms with Gasteiger partial charge in [0.15, 0.2) is 0 Å². The molecule has 3 N–H and O–H groups in total. The Labute approximate surface area is 106 Å². The molecule has 0 spiro atoms. The lowest BCUT2D eigenvalue weighted by Gasteiger charge is -2.11. The third kappa shape index (κ3) is 2.36. The van der Waals surface area contributed by atoms with E-state index < -0.39 is 0 Å². The van der Waals surface area contributed by atoms with E-state index in [0.29, 0.717) is 19.0 Å². The molecule has 0 atom stereocenters. The first-order valence-corrected chi connectivity index (χ1v) is 6.02. The minimum Gasteiger partial charge on any atom is -0.508 e. The van der Waals surface area contributed by atoms with E-state index in [9.17, 15) is 5.11 Å². The van der Waals surface area contributed by atoms with E-state index in [-0.39, 0.29) is 5.75 Å². The number of rotatable bonds is 4. The number of nitrogens with zero attached hydrogens (tertiary/aromatic N) is 3. The molecule has 0 radical (unpaired) electrons. The summed E-state index contributed by atoms with van der Waals surface area (Å²) in [5.74, 6) is 0.571. The average molecular weight is 246 g/mol. The second kappa shape index (κ2) is 5.18. The Morgan fingerprint density at radius 3 is 2.67 bits per heavy atom. The molecule has 5 nitrogen and oxygen atoms in total. The highest BCUT2D eigenvalue weighted by molar-refractivity contribution is 5.32. The van der Waals surface area contributed by atoms with Crippen LogP contribution in [0.1, 0.15) is 36.7 Å². The number of benzene rings is 1. The highest BCUT2D eigenvalue weighted by Crippen LogP contribution is 2.21. The maximum absolute atomic E-state index is 9.78. The van der Waals surface area contributed by atoms with Crippen LogP contribution in [0.25, 0.3) is 0 Å². The summed E-state index contributed by atoms with van der Waals surface area (Å²) in [4.78, 5) is 0. The molecule has 0 aliphatic rings. The van der Waals surface area contributed by atoms with Gasteiger partial charge in [-0.3, -0.25) is 0 Å². The molecule has 0 saturated heterocycles. The lowest BCUT2D eigenvalue weighted by Crippen LogP contribution is -2.10. The highest BCUT2D eigenvalue weighted by atomic mass is 16.3. The first kappa shape index (κ1) is 12.6. The number of nitrogens with two attached hydrogens (primary N) is 1. The van der Waals surface area contributed by atoms with Gasteiger partial charge in [-0.25, -0.2) is 4.68 Å². The summed E-state index contributed by atoms with van der Waals surface area (Å²) in [6, 6.07) is 7.24. The predicted molar refractivity (Wildman–Crippen MR) is 69.2 cm³/mol. The van der Waals surface area contributed by atoms with Crippen LogP contribution in [0, 0.1) is 0 Å². The van der Waals surface area contributed by atoms with Gasteiger partial charge in [-0.2, -0.15) is 0 Å². The lowest BCUT2D eigenvalue weighted by atomic mass is 10.1. The molecule has 0 amide bonds. The van der Waals surface area contributed by atoms with Crippen LogP contribution in [-0.4, -0.2) is 20.1 Å². The minimum atomic E-state index is 0.275. The van der Waals surface area contributed by atoms with E-state index in [1.54, 1.807) is 12.1 Å². The third-order valence-corrected chi connectivity index (χ3v) is 2.90. The summed E-state index contributed by atoms with van der Waals surface area (Å²) in [6.07, 6.45) is 0. The van der Waals surface area contributed by atoms with Gasteiger partial charge >= 0.3 is 0 Å². The molecule has 0 unspecified atom stereocenters. The SMILES string of the molecule is CC(C)c1c(CN)nnn1Cc1ccccc1O. The molecule has 0 aliphatic heterocycles. The van der Waals surface area contributed by atoms with Crippen molar-refractivity contribution in [2.45, 2.75) is 32.9 Å². The van der Waals surface area contributed by atoms with Crippen molar-refractivity contribution >= 4 is 0 Å². The normalized spacial score (nSPS) is 11.1. The lowest BCUT2D eigenvalue weighted by molar-refractivity contribution is 0.461. The maximum atomic E-state index is 9.78. The van der Waals surface area contributed by atoms with E-state index in [2.05, 4.69) is 24.2 Å². The first-order valence-electron chi connectivity index (χ1n) is 6.02. The van der Waals surface area contributed by atoms with E-state index in [0.717, 1.165) is 17.0 Å². The minimum absolute atomic E-state index is 0.275. The number of aromatic hydroxyl groups is 1. The van der Waals surface area contributed by atoms with Crippen molar-refractivity contribution in [1.29, 1.82) is 0 Å². The van der Waals surface area contributed by atoms with Crippen molar-refractivity contribution in [1.82, 2.24) is 15.0 Å². The smallest absolute Gasteiger partial charge is 0.120 e. The van der Waals surface area contributed by atoms with Crippen LogP contribution in [0.2, 0.25) is 0 Å². The second-order valence-electron chi connectivity index (χ2n) is 4.57. The van der Waals surface area contributed by atoms with Gasteiger partial charge in [0.05, 0.1) is 17.9 Å². The fraction of sp³-hybridized carbons (Fsp3) is 0.385. The van der Waals surface area contributed by atoms with Gasteiger partial charge in [-0.05, 0) is 12.0 Å². The molecule has 0 aliphatic carbocycles. The van der Waals surface area contributed by atoms with Crippen LogP contribution in [0.3, 0.4) is 0 Å². The monoisotopic (exact) mass is 246 g/mol. The van der Waals surface area contributed by atoms with Crippen LogP contribution in [0.5, 0.6) is 5.75 Å². The second-order valence-corrected chi connectivity index (χ2v) is 4.57. The number of hydrogen-bond donors (Lipinski definition) is 2. The van der Waals surface area contributed by atoms with Crippen molar-refractivity contribution in [3.8, 4) is 5.75 Å². The van der Waals surface area contributed by atoms with Gasteiger partial charge in [0.2, 0.25) is 0 Å². The summed E-state index contributed by atoms with van der Waals surface area (Å²) in [5, 5.41) is 18.0. The molecule has 2 rings (SSSR count). The average Bonchev–Trinajstić information content (AvgIpc) is 2.75. The molecule has 0 saturated carbocycles. The molecule has 18 heavy (non-hydrogen) atoms. The van der Waals surface area contributed by atoms with Gasteiger partial charge in [0.1, 0.15) is 5.75 Å². The molecule has 96 valence electrons. The quantitative estimate of drug-likeness (QED) is 0.859. The highest BCUT2D eigenvalue weighted by Gasteiger charge is 2.15. The topological polar surface area (TPSA) is 77.0 Å². The van der Waals surface area contributed by atoms with Gasteiger partial charge in [-0.1, -0.05) is 37.3 Å². The summed E-state index contributed by atoms with van der Waals surface area (Å²) in [7, 11) is 0. The fourth-order valence-electron chi connectivity index (χ4n) is 2.06. The van der Waals surface area contributed by atoms with Crippen molar-refractivity contribution < 1.29 is 5.11 Å². The molecule has 0 bridgehead atoms. The summed E-state index contributed by atoms with van der Waals surface area (Å²) in [5.41, 5.74) is 8.33. The van der Waals surface area contributed by atoms with Gasteiger partial charge in [0.25, 0.3) is 0 Å². The van der Waals surface area contributed by atoms with E-state index in [4.69, 9.17) is 5.73 Å². The van der Waals surface area contributed by atoms with E-state index in [1.165, 1.54) is 0 Å². The molecular weight excluding hydrogens is 228 g/mol. The van der Waals surface area contributed by atoms with Crippen LogP contribution < -0.4 is 5.73 Å². The maximum Gasteiger partial charge on any atom is 0.120 e. The Morgan fingerprint density at radius 1 is 1.33 bits per heavy atom. The van der Waals surface area contributed by atoms with E-state index in [1.807, 2.05) is 16.8 Å². The van der Waals surface area contributed by atoms with Crippen LogP contribution in [0.4, 0.5) is 0 Å². The van der Waals surface area contributed by atoms with Crippen LogP contribution in [0.15, 0.2) is 24.3 Å². The predicted octanol–water partition coefficient (Wildman–Crippen LogP) is 1.61. The fourth-order valence-corrected chi connectivity index (χ4v) is 2.06. The van der Waals surface area contributed by atoms with Crippen molar-refractivity contribution in [2.24, 2.45) is 5.73 Å². The Bertz CT molecular complexity index is 534. The molecule has 1 aromatic carbocycles. The standard InChI is InChI=1S/C13H18N4O/c1-9(2)13-11(7-14)15-16-17(13)8-10-5-3-4-6-12(10)18/h3-6,9,18H,7-8,14H2,1-2H3. The number of phenolic OH excluding ortho intramolecular Hbond substituents is 1. The van der Waals surface area contributed by atoms with Crippen molar-refractivity contribution in [3.63, 3.8) is 0 Å². The zero-order valence-electron chi connectivity index (χ0n) is 10.7. The number of aromatic nitrogens is 3. The zero-order valence-corrected chi connectivity index (χ0v) is 10.7. The Hall–Kier alpha value is -1.88. The number of phenols is 1. The van der Waals surface area contributed by atoms with Gasteiger partial charge in [0, 0.05) is 12.1 Å². The summed E-state index contributed by atoms with van der Waals surface area (Å²) >= 11 is 0. The largest absolute Gasteiger partial charge is 0.508 e. The number of hydrogen-bond acceptors (Lipinski definition) is 4. The van der Waals surface area contributed by atoms with Gasteiger partial charge in [-0.15, -0.1) is 5.10 Å².